The quantitative estimate of drug-likeness (QED) is 0.676. The minimum Gasteiger partial charge on any atom is -0.481 e. The van der Waals surface area contributed by atoms with Crippen LogP contribution in [0.1, 0.15) is 12.8 Å². The van der Waals surface area contributed by atoms with E-state index in [4.69, 9.17) is 28.3 Å². The molecule has 0 spiro atoms. The fourth-order valence-electron chi connectivity index (χ4n) is 1.34. The predicted molar refractivity (Wildman–Crippen MR) is 74.8 cm³/mol. The van der Waals surface area contributed by atoms with Crippen molar-refractivity contribution >= 4 is 40.8 Å². The molecule has 19 heavy (non-hydrogen) atoms. The Bertz CT molecular complexity index is 446. The van der Waals surface area contributed by atoms with E-state index in [1.54, 1.807) is 18.2 Å². The normalized spacial score (nSPS) is 10.2. The van der Waals surface area contributed by atoms with Gasteiger partial charge in [-0.3, -0.25) is 9.59 Å². The van der Waals surface area contributed by atoms with E-state index in [0.29, 0.717) is 28.8 Å². The Morgan fingerprint density at radius 2 is 1.68 bits per heavy atom. The number of nitrogens with one attached hydrogen (secondary N) is 2. The van der Waals surface area contributed by atoms with Gasteiger partial charge in [0.05, 0.1) is 22.2 Å². The number of benzene rings is 1. The minimum absolute atomic E-state index is 0.0258. The van der Waals surface area contributed by atoms with Crippen LogP contribution in [0.15, 0.2) is 18.2 Å². The summed E-state index contributed by atoms with van der Waals surface area (Å²) in [5.74, 6) is -1.11. The topological polar surface area (TPSA) is 78.4 Å². The number of hydrogen-bond acceptors (Lipinski definition) is 3. The molecule has 0 radical (unpaired) electrons. The molecule has 0 aliphatic carbocycles. The maximum Gasteiger partial charge on any atom is 0.304 e. The summed E-state index contributed by atoms with van der Waals surface area (Å²) in [5.41, 5.74) is 0.390. The fraction of sp³-hybridized carbons (Fsp3) is 0.333. The third-order valence-corrected chi connectivity index (χ3v) is 2.90. The molecule has 0 aliphatic heterocycles. The zero-order valence-electron chi connectivity index (χ0n) is 10.1. The largest absolute Gasteiger partial charge is 0.481 e. The highest BCUT2D eigenvalue weighted by Crippen LogP contribution is 2.29. The summed E-state index contributed by atoms with van der Waals surface area (Å²) >= 11 is 11.8. The van der Waals surface area contributed by atoms with Crippen LogP contribution in [0.25, 0.3) is 0 Å². The Hall–Kier alpha value is -1.30. The van der Waals surface area contributed by atoms with E-state index >= 15 is 0 Å². The summed E-state index contributed by atoms with van der Waals surface area (Å²) in [7, 11) is 0. The zero-order valence-corrected chi connectivity index (χ0v) is 11.6. The number of rotatable bonds is 7. The maximum atomic E-state index is 11.6. The lowest BCUT2D eigenvalue weighted by atomic mass is 10.3. The predicted octanol–water partition coefficient (Wildman–Crippen LogP) is 2.39. The average molecular weight is 305 g/mol. The molecule has 0 atom stereocenters. The highest BCUT2D eigenvalue weighted by atomic mass is 35.5. The van der Waals surface area contributed by atoms with E-state index in [1.807, 2.05) is 0 Å². The third kappa shape index (κ3) is 5.92. The second-order valence-electron chi connectivity index (χ2n) is 3.79. The Labute approximate surface area is 120 Å². The van der Waals surface area contributed by atoms with Crippen molar-refractivity contribution in [3.63, 3.8) is 0 Å². The molecule has 0 bridgehead atoms. The van der Waals surface area contributed by atoms with Gasteiger partial charge in [0.15, 0.2) is 0 Å². The van der Waals surface area contributed by atoms with Crippen LogP contribution in [-0.4, -0.2) is 30.1 Å². The Morgan fingerprint density at radius 3 is 2.26 bits per heavy atom. The Morgan fingerprint density at radius 1 is 1.11 bits per heavy atom. The van der Waals surface area contributed by atoms with Gasteiger partial charge in [0, 0.05) is 19.5 Å². The SMILES string of the molecule is O=C(O)CCNCCC(=O)Nc1c(Cl)cccc1Cl. The molecule has 7 heteroatoms. The van der Waals surface area contributed by atoms with Gasteiger partial charge in [-0.15, -0.1) is 0 Å². The lowest BCUT2D eigenvalue weighted by Crippen LogP contribution is -2.24. The average Bonchev–Trinajstić information content (AvgIpc) is 2.33. The molecular formula is C12H14Cl2N2O3. The van der Waals surface area contributed by atoms with Crippen molar-refractivity contribution in [3.8, 4) is 0 Å². The summed E-state index contributed by atoms with van der Waals surface area (Å²) in [4.78, 5) is 21.9. The van der Waals surface area contributed by atoms with Crippen LogP contribution >= 0.6 is 23.2 Å². The first-order chi connectivity index (χ1) is 9.00. The number of aliphatic carboxylic acids is 1. The van der Waals surface area contributed by atoms with E-state index in [-0.39, 0.29) is 18.7 Å². The molecule has 0 fully saturated rings. The molecule has 1 aromatic rings. The van der Waals surface area contributed by atoms with Crippen molar-refractivity contribution in [2.75, 3.05) is 18.4 Å². The molecule has 0 unspecified atom stereocenters. The number of carbonyl (C=O) groups excluding carboxylic acids is 1. The van der Waals surface area contributed by atoms with E-state index in [0.717, 1.165) is 0 Å². The van der Waals surface area contributed by atoms with Crippen LogP contribution in [0.2, 0.25) is 10.0 Å². The van der Waals surface area contributed by atoms with Crippen molar-refractivity contribution in [1.82, 2.24) is 5.32 Å². The molecule has 0 saturated heterocycles. The summed E-state index contributed by atoms with van der Waals surface area (Å²) in [6.07, 6.45) is 0.235. The van der Waals surface area contributed by atoms with E-state index in [9.17, 15) is 9.59 Å². The number of carbonyl (C=O) groups is 2. The Balaban J connectivity index is 2.33. The highest BCUT2D eigenvalue weighted by molar-refractivity contribution is 6.39. The first-order valence-corrected chi connectivity index (χ1v) is 6.42. The van der Waals surface area contributed by atoms with Crippen molar-refractivity contribution in [2.45, 2.75) is 12.8 Å². The molecule has 0 saturated carbocycles. The van der Waals surface area contributed by atoms with Crippen molar-refractivity contribution < 1.29 is 14.7 Å². The van der Waals surface area contributed by atoms with Gasteiger partial charge < -0.3 is 15.7 Å². The first kappa shape index (κ1) is 15.8. The van der Waals surface area contributed by atoms with Crippen LogP contribution in [0.3, 0.4) is 0 Å². The zero-order chi connectivity index (χ0) is 14.3. The number of anilines is 1. The van der Waals surface area contributed by atoms with E-state index in [1.165, 1.54) is 0 Å². The smallest absolute Gasteiger partial charge is 0.304 e. The standard InChI is InChI=1S/C12H14Cl2N2O3/c13-8-2-1-3-9(14)12(8)16-10(17)4-6-15-7-5-11(18)19/h1-3,15H,4-7H2,(H,16,17)(H,18,19). The molecule has 0 aromatic heterocycles. The van der Waals surface area contributed by atoms with Crippen LogP contribution in [0.5, 0.6) is 0 Å². The number of para-hydroxylation sites is 1. The van der Waals surface area contributed by atoms with Gasteiger partial charge >= 0.3 is 5.97 Å². The second-order valence-corrected chi connectivity index (χ2v) is 4.60. The summed E-state index contributed by atoms with van der Waals surface area (Å²) in [5, 5.41) is 14.7. The molecule has 3 N–H and O–H groups in total. The van der Waals surface area contributed by atoms with E-state index in [2.05, 4.69) is 10.6 Å². The molecule has 1 amide bonds. The second kappa shape index (κ2) is 7.99. The first-order valence-electron chi connectivity index (χ1n) is 5.67. The number of halogens is 2. The monoisotopic (exact) mass is 304 g/mol. The van der Waals surface area contributed by atoms with Crippen molar-refractivity contribution in [1.29, 1.82) is 0 Å². The van der Waals surface area contributed by atoms with Gasteiger partial charge in [-0.1, -0.05) is 29.3 Å². The van der Waals surface area contributed by atoms with Crippen molar-refractivity contribution in [2.24, 2.45) is 0 Å². The highest BCUT2D eigenvalue weighted by Gasteiger charge is 2.09. The van der Waals surface area contributed by atoms with Gasteiger partial charge in [-0.2, -0.15) is 0 Å². The summed E-state index contributed by atoms with van der Waals surface area (Å²) in [6.45, 7) is 0.719. The van der Waals surface area contributed by atoms with Crippen LogP contribution in [0, 0.1) is 0 Å². The number of amides is 1. The minimum atomic E-state index is -0.875. The van der Waals surface area contributed by atoms with E-state index < -0.39 is 5.97 Å². The lowest BCUT2D eigenvalue weighted by Gasteiger charge is -2.09. The van der Waals surface area contributed by atoms with Gasteiger partial charge in [0.25, 0.3) is 0 Å². The van der Waals surface area contributed by atoms with Crippen LogP contribution < -0.4 is 10.6 Å². The van der Waals surface area contributed by atoms with Gasteiger partial charge in [0.1, 0.15) is 0 Å². The lowest BCUT2D eigenvalue weighted by molar-refractivity contribution is -0.136. The van der Waals surface area contributed by atoms with Gasteiger partial charge in [-0.05, 0) is 12.1 Å². The number of carboxylic acids is 1. The molecule has 5 nitrogen and oxygen atoms in total. The fourth-order valence-corrected chi connectivity index (χ4v) is 1.83. The van der Waals surface area contributed by atoms with Crippen molar-refractivity contribution in [3.05, 3.63) is 28.2 Å². The maximum absolute atomic E-state index is 11.6. The van der Waals surface area contributed by atoms with Crippen LogP contribution in [0.4, 0.5) is 5.69 Å². The number of hydrogen-bond donors (Lipinski definition) is 3. The third-order valence-electron chi connectivity index (χ3n) is 2.27. The molecule has 0 aliphatic rings. The summed E-state index contributed by atoms with van der Waals surface area (Å²) < 4.78 is 0. The molecular weight excluding hydrogens is 291 g/mol. The molecule has 1 rings (SSSR count). The number of carboxylic acid groups (broad SMARTS) is 1. The Kier molecular flexibility index (Phi) is 6.62. The molecule has 1 aromatic carbocycles. The van der Waals surface area contributed by atoms with Crippen LogP contribution in [-0.2, 0) is 9.59 Å². The molecule has 104 valence electrons. The van der Waals surface area contributed by atoms with Gasteiger partial charge in [0.2, 0.25) is 5.91 Å². The summed E-state index contributed by atoms with van der Waals surface area (Å²) in [6, 6.07) is 4.95. The molecule has 0 heterocycles. The van der Waals surface area contributed by atoms with Gasteiger partial charge in [-0.25, -0.2) is 0 Å².